The molecule has 0 saturated carbocycles. The fourth-order valence-corrected chi connectivity index (χ4v) is 4.17. The molecule has 1 aliphatic heterocycles. The van der Waals surface area contributed by atoms with Gasteiger partial charge in [-0.1, -0.05) is 41.9 Å². The Morgan fingerprint density at radius 1 is 1.25 bits per heavy atom. The van der Waals surface area contributed by atoms with Gasteiger partial charge in [0.25, 0.3) is 5.91 Å². The number of rotatable bonds is 4. The van der Waals surface area contributed by atoms with Crippen molar-refractivity contribution in [2.24, 2.45) is 0 Å². The molecule has 2 aromatic rings. The molecule has 6 nitrogen and oxygen atoms in total. The fourth-order valence-electron chi connectivity index (χ4n) is 2.39. The van der Waals surface area contributed by atoms with Crippen LogP contribution in [0.4, 0.5) is 5.69 Å². The Kier molecular flexibility index (Phi) is 4.49. The summed E-state index contributed by atoms with van der Waals surface area (Å²) in [6.07, 6.45) is 0. The van der Waals surface area contributed by atoms with Crippen LogP contribution in [-0.2, 0) is 14.8 Å². The molecule has 0 fully saturated rings. The number of carbonyl (C=O) groups is 1. The van der Waals surface area contributed by atoms with E-state index in [0.29, 0.717) is 5.69 Å². The maximum Gasteiger partial charge on any atom is 0.262 e. The minimum Gasteiger partial charge on any atom is -0.482 e. The second-order valence-corrected chi connectivity index (χ2v) is 7.46. The summed E-state index contributed by atoms with van der Waals surface area (Å²) in [5, 5.41) is 2.59. The second-order valence-electron chi connectivity index (χ2n) is 5.37. The SMILES string of the molecule is C[C@@H](NS(=O)(=O)c1cc2c(cc1Cl)NC(=O)CO2)c1ccccc1. The third-order valence-electron chi connectivity index (χ3n) is 3.59. The van der Waals surface area contributed by atoms with E-state index in [1.165, 1.54) is 12.1 Å². The van der Waals surface area contributed by atoms with E-state index < -0.39 is 16.1 Å². The van der Waals surface area contributed by atoms with Gasteiger partial charge in [0.1, 0.15) is 10.6 Å². The van der Waals surface area contributed by atoms with Gasteiger partial charge in [0, 0.05) is 12.1 Å². The number of carbonyl (C=O) groups excluding carboxylic acids is 1. The van der Waals surface area contributed by atoms with Gasteiger partial charge in [0.15, 0.2) is 6.61 Å². The normalized spacial score (nSPS) is 15.2. The molecule has 0 bridgehead atoms. The number of ether oxygens (including phenoxy) is 1. The number of fused-ring (bicyclic) bond motifs is 1. The van der Waals surface area contributed by atoms with Crippen molar-refractivity contribution in [3.8, 4) is 5.75 Å². The van der Waals surface area contributed by atoms with Crippen LogP contribution in [0.3, 0.4) is 0 Å². The second kappa shape index (κ2) is 6.43. The predicted octanol–water partition coefficient (Wildman–Crippen LogP) is 2.71. The number of halogens is 1. The lowest BCUT2D eigenvalue weighted by Gasteiger charge is -2.20. The van der Waals surface area contributed by atoms with Crippen molar-refractivity contribution in [2.45, 2.75) is 17.9 Å². The van der Waals surface area contributed by atoms with Gasteiger partial charge in [-0.05, 0) is 18.6 Å². The highest BCUT2D eigenvalue weighted by atomic mass is 35.5. The van der Waals surface area contributed by atoms with Crippen LogP contribution in [0.2, 0.25) is 5.02 Å². The van der Waals surface area contributed by atoms with Gasteiger partial charge in [0.05, 0.1) is 10.7 Å². The number of amides is 1. The van der Waals surface area contributed by atoms with E-state index in [2.05, 4.69) is 10.0 Å². The van der Waals surface area contributed by atoms with Crippen LogP contribution in [0.1, 0.15) is 18.5 Å². The van der Waals surface area contributed by atoms with Crippen LogP contribution in [0, 0.1) is 0 Å². The minimum absolute atomic E-state index is 0.00677. The number of anilines is 1. The Labute approximate surface area is 144 Å². The number of nitrogens with one attached hydrogen (secondary N) is 2. The first-order valence-corrected chi connectivity index (χ1v) is 9.06. The Morgan fingerprint density at radius 2 is 1.96 bits per heavy atom. The number of hydrogen-bond acceptors (Lipinski definition) is 4. The maximum absolute atomic E-state index is 12.6. The Balaban J connectivity index is 1.91. The lowest BCUT2D eigenvalue weighted by molar-refractivity contribution is -0.118. The van der Waals surface area contributed by atoms with Crippen LogP contribution in [0.15, 0.2) is 47.4 Å². The Bertz CT molecular complexity index is 884. The number of benzene rings is 2. The van der Waals surface area contributed by atoms with Crippen LogP contribution >= 0.6 is 11.6 Å². The van der Waals surface area contributed by atoms with E-state index in [1.54, 1.807) is 6.92 Å². The standard InChI is InChI=1S/C16H15ClN2O4S/c1-10(11-5-3-2-4-6-11)19-24(21,22)15-8-14-13(7-12(15)17)18-16(20)9-23-14/h2-8,10,19H,9H2,1H3,(H,18,20)/t10-/m1/s1. The van der Waals surface area contributed by atoms with Gasteiger partial charge >= 0.3 is 0 Å². The molecule has 0 radical (unpaired) electrons. The third kappa shape index (κ3) is 3.38. The highest BCUT2D eigenvalue weighted by molar-refractivity contribution is 7.89. The summed E-state index contributed by atoms with van der Waals surface area (Å²) in [5.74, 6) is -0.0447. The van der Waals surface area contributed by atoms with Crippen LogP contribution in [-0.4, -0.2) is 20.9 Å². The van der Waals surface area contributed by atoms with Gasteiger partial charge in [-0.25, -0.2) is 13.1 Å². The molecule has 1 aliphatic rings. The summed E-state index contributed by atoms with van der Waals surface area (Å²) in [6.45, 7) is 1.58. The van der Waals surface area contributed by atoms with Crippen molar-refractivity contribution >= 4 is 33.2 Å². The molecule has 0 spiro atoms. The molecule has 3 rings (SSSR count). The molecule has 0 saturated heterocycles. The molecule has 126 valence electrons. The summed E-state index contributed by atoms with van der Waals surface area (Å²) in [4.78, 5) is 11.2. The molecule has 0 aromatic heterocycles. The minimum atomic E-state index is -3.86. The average molecular weight is 367 g/mol. The van der Waals surface area contributed by atoms with E-state index in [0.717, 1.165) is 5.56 Å². The van der Waals surface area contributed by atoms with Crippen molar-refractivity contribution in [2.75, 3.05) is 11.9 Å². The first-order chi connectivity index (χ1) is 11.4. The molecule has 1 atom stereocenters. The molecule has 1 heterocycles. The summed E-state index contributed by atoms with van der Waals surface area (Å²) in [7, 11) is -3.86. The molecular weight excluding hydrogens is 352 g/mol. The summed E-state index contributed by atoms with van der Waals surface area (Å²) in [5.41, 5.74) is 1.19. The predicted molar refractivity (Wildman–Crippen MR) is 90.8 cm³/mol. The van der Waals surface area contributed by atoms with Crippen molar-refractivity contribution in [1.29, 1.82) is 0 Å². The topological polar surface area (TPSA) is 84.5 Å². The van der Waals surface area contributed by atoms with Gasteiger partial charge in [-0.15, -0.1) is 0 Å². The largest absolute Gasteiger partial charge is 0.482 e. The van der Waals surface area contributed by atoms with E-state index in [9.17, 15) is 13.2 Å². The first-order valence-electron chi connectivity index (χ1n) is 7.20. The van der Waals surface area contributed by atoms with Gasteiger partial charge in [0.2, 0.25) is 10.0 Å². The van der Waals surface area contributed by atoms with E-state index in [1.807, 2.05) is 30.3 Å². The van der Waals surface area contributed by atoms with Crippen molar-refractivity contribution in [1.82, 2.24) is 4.72 Å². The van der Waals surface area contributed by atoms with Crippen molar-refractivity contribution in [3.05, 3.63) is 53.1 Å². The monoisotopic (exact) mass is 366 g/mol. The first kappa shape index (κ1) is 16.8. The quantitative estimate of drug-likeness (QED) is 0.871. The summed E-state index contributed by atoms with van der Waals surface area (Å²) < 4.78 is 33.1. The molecule has 0 aliphatic carbocycles. The van der Waals surface area contributed by atoms with Crippen molar-refractivity contribution < 1.29 is 17.9 Å². The third-order valence-corrected chi connectivity index (χ3v) is 5.59. The van der Waals surface area contributed by atoms with Gasteiger partial charge in [-0.3, -0.25) is 4.79 Å². The van der Waals surface area contributed by atoms with E-state index >= 15 is 0 Å². The van der Waals surface area contributed by atoms with Crippen LogP contribution < -0.4 is 14.8 Å². The molecule has 2 aromatic carbocycles. The zero-order valence-corrected chi connectivity index (χ0v) is 14.3. The molecule has 2 N–H and O–H groups in total. The molecule has 1 amide bonds. The Hall–Kier alpha value is -2.09. The highest BCUT2D eigenvalue weighted by Gasteiger charge is 2.25. The zero-order valence-electron chi connectivity index (χ0n) is 12.7. The molecule has 24 heavy (non-hydrogen) atoms. The molecule has 0 unspecified atom stereocenters. The lowest BCUT2D eigenvalue weighted by Crippen LogP contribution is -2.28. The average Bonchev–Trinajstić information content (AvgIpc) is 2.54. The molecular formula is C16H15ClN2O4S. The van der Waals surface area contributed by atoms with Crippen molar-refractivity contribution in [3.63, 3.8) is 0 Å². The van der Waals surface area contributed by atoms with E-state index in [-0.39, 0.29) is 28.2 Å². The highest BCUT2D eigenvalue weighted by Crippen LogP contribution is 2.36. The number of sulfonamides is 1. The van der Waals surface area contributed by atoms with Crippen LogP contribution in [0.25, 0.3) is 0 Å². The summed E-state index contributed by atoms with van der Waals surface area (Å²) in [6, 6.07) is 11.5. The van der Waals surface area contributed by atoms with Gasteiger partial charge in [-0.2, -0.15) is 0 Å². The fraction of sp³-hybridized carbons (Fsp3) is 0.188. The lowest BCUT2D eigenvalue weighted by atomic mass is 10.1. The van der Waals surface area contributed by atoms with E-state index in [4.69, 9.17) is 16.3 Å². The zero-order chi connectivity index (χ0) is 17.3. The Morgan fingerprint density at radius 3 is 2.67 bits per heavy atom. The van der Waals surface area contributed by atoms with Gasteiger partial charge < -0.3 is 10.1 Å². The van der Waals surface area contributed by atoms with Crippen LogP contribution in [0.5, 0.6) is 5.75 Å². The number of hydrogen-bond donors (Lipinski definition) is 2. The molecule has 8 heteroatoms. The smallest absolute Gasteiger partial charge is 0.262 e. The maximum atomic E-state index is 12.6. The summed E-state index contributed by atoms with van der Waals surface area (Å²) >= 11 is 6.10.